The summed E-state index contributed by atoms with van der Waals surface area (Å²) in [5.41, 5.74) is 5.60. The Balaban J connectivity index is 2.14. The fraction of sp³-hybridized carbons (Fsp3) is 0.333. The van der Waals surface area contributed by atoms with Crippen molar-refractivity contribution in [3.63, 3.8) is 0 Å². The highest BCUT2D eigenvalue weighted by Crippen LogP contribution is 2.06. The van der Waals surface area contributed by atoms with Gasteiger partial charge in [-0.3, -0.25) is 8.78 Å². The quantitative estimate of drug-likeness (QED) is 0.746. The van der Waals surface area contributed by atoms with Gasteiger partial charge in [-0.25, -0.2) is 4.98 Å². The summed E-state index contributed by atoms with van der Waals surface area (Å²) in [7, 11) is -0.860. The summed E-state index contributed by atoms with van der Waals surface area (Å²) in [5, 5.41) is 2.95. The summed E-state index contributed by atoms with van der Waals surface area (Å²) >= 11 is 0. The number of hydrogen-bond acceptors (Lipinski definition) is 7. The van der Waals surface area contributed by atoms with Crippen LogP contribution in [0.1, 0.15) is 0 Å². The van der Waals surface area contributed by atoms with Crippen molar-refractivity contribution in [2.75, 3.05) is 29.6 Å². The highest BCUT2D eigenvalue weighted by molar-refractivity contribution is 7.84. The first kappa shape index (κ1) is 12.4. The van der Waals surface area contributed by atoms with Gasteiger partial charge in [0.1, 0.15) is 6.33 Å². The van der Waals surface area contributed by atoms with E-state index in [1.54, 1.807) is 29.5 Å². The Hall–Kier alpha value is -2.03. The van der Waals surface area contributed by atoms with Gasteiger partial charge in [0.2, 0.25) is 17.8 Å². The highest BCUT2D eigenvalue weighted by Gasteiger charge is 2.05. The fourth-order valence-electron chi connectivity index (χ4n) is 1.26. The molecule has 0 aliphatic heterocycles. The second kappa shape index (κ2) is 5.54. The Bertz CT molecular complexity index is 542. The Morgan fingerprint density at radius 3 is 2.94 bits per heavy atom. The molecule has 1 atom stereocenters. The van der Waals surface area contributed by atoms with Crippen molar-refractivity contribution < 1.29 is 4.21 Å². The molecule has 0 fully saturated rings. The Labute approximate surface area is 106 Å². The van der Waals surface area contributed by atoms with Crippen LogP contribution in [0.15, 0.2) is 18.7 Å². The summed E-state index contributed by atoms with van der Waals surface area (Å²) in [4.78, 5) is 16.0. The van der Waals surface area contributed by atoms with Crippen LogP contribution in [0.5, 0.6) is 0 Å². The van der Waals surface area contributed by atoms with Crippen LogP contribution < -0.4 is 11.1 Å². The molecule has 3 N–H and O–H groups in total. The van der Waals surface area contributed by atoms with Crippen molar-refractivity contribution in [3.05, 3.63) is 18.7 Å². The zero-order valence-electron chi connectivity index (χ0n) is 9.78. The van der Waals surface area contributed by atoms with E-state index in [2.05, 4.69) is 25.3 Å². The van der Waals surface area contributed by atoms with Gasteiger partial charge in [0.25, 0.3) is 0 Å². The van der Waals surface area contributed by atoms with Crippen LogP contribution in [0.4, 0.5) is 11.9 Å². The van der Waals surface area contributed by atoms with Gasteiger partial charge in [0, 0.05) is 41.7 Å². The van der Waals surface area contributed by atoms with E-state index in [1.165, 1.54) is 0 Å². The second-order valence-corrected chi connectivity index (χ2v) is 5.05. The molecule has 8 nitrogen and oxygen atoms in total. The summed E-state index contributed by atoms with van der Waals surface area (Å²) < 4.78 is 12.6. The maximum Gasteiger partial charge on any atom is 0.241 e. The molecule has 0 radical (unpaired) electrons. The summed E-state index contributed by atoms with van der Waals surface area (Å²) in [6, 6.07) is 0. The SMILES string of the molecule is CS(=O)CCNc1nc(N)nc(-n2ccnc2)n1. The normalized spacial score (nSPS) is 12.3. The number of hydrogen-bond donors (Lipinski definition) is 2. The Morgan fingerprint density at radius 1 is 1.44 bits per heavy atom. The molecule has 0 aliphatic carbocycles. The van der Waals surface area contributed by atoms with Crippen molar-refractivity contribution in [2.24, 2.45) is 0 Å². The van der Waals surface area contributed by atoms with E-state index in [4.69, 9.17) is 5.73 Å². The molecule has 2 rings (SSSR count). The Kier molecular flexibility index (Phi) is 3.82. The van der Waals surface area contributed by atoms with E-state index in [-0.39, 0.29) is 5.95 Å². The number of nitrogens with one attached hydrogen (secondary N) is 1. The minimum atomic E-state index is -0.860. The van der Waals surface area contributed by atoms with Crippen molar-refractivity contribution in [3.8, 4) is 5.95 Å². The predicted octanol–water partition coefficient (Wildman–Crippen LogP) is -0.570. The molecule has 0 aliphatic rings. The molecule has 2 aromatic rings. The topological polar surface area (TPSA) is 112 Å². The van der Waals surface area contributed by atoms with E-state index in [9.17, 15) is 4.21 Å². The molecule has 9 heteroatoms. The zero-order valence-corrected chi connectivity index (χ0v) is 10.6. The molecule has 96 valence electrons. The first-order valence-electron chi connectivity index (χ1n) is 5.19. The average Bonchev–Trinajstić information content (AvgIpc) is 2.81. The third-order valence-corrected chi connectivity index (χ3v) is 2.83. The van der Waals surface area contributed by atoms with Gasteiger partial charge in [-0.15, -0.1) is 0 Å². The highest BCUT2D eigenvalue weighted by atomic mass is 32.2. The van der Waals surface area contributed by atoms with Gasteiger partial charge in [-0.1, -0.05) is 0 Å². The third-order valence-electron chi connectivity index (χ3n) is 2.05. The van der Waals surface area contributed by atoms with Crippen molar-refractivity contribution in [1.82, 2.24) is 24.5 Å². The van der Waals surface area contributed by atoms with Crippen LogP contribution >= 0.6 is 0 Å². The van der Waals surface area contributed by atoms with Gasteiger partial charge in [-0.2, -0.15) is 15.0 Å². The second-order valence-electron chi connectivity index (χ2n) is 3.49. The van der Waals surface area contributed by atoms with Crippen LogP contribution in [0.3, 0.4) is 0 Å². The Morgan fingerprint density at radius 2 is 2.28 bits per heavy atom. The maximum atomic E-state index is 10.9. The molecule has 0 amide bonds. The summed E-state index contributed by atoms with van der Waals surface area (Å²) in [6.45, 7) is 0.510. The van der Waals surface area contributed by atoms with Crippen LogP contribution in [-0.4, -0.2) is 47.3 Å². The molecule has 2 aromatic heterocycles. The number of anilines is 2. The lowest BCUT2D eigenvalue weighted by Gasteiger charge is -2.06. The van der Waals surface area contributed by atoms with E-state index < -0.39 is 10.8 Å². The van der Waals surface area contributed by atoms with Gasteiger partial charge >= 0.3 is 0 Å². The summed E-state index contributed by atoms with van der Waals surface area (Å²) in [5.74, 6) is 1.39. The van der Waals surface area contributed by atoms with Crippen molar-refractivity contribution in [1.29, 1.82) is 0 Å². The molecule has 2 heterocycles. The van der Waals surface area contributed by atoms with E-state index in [0.717, 1.165) is 0 Å². The van der Waals surface area contributed by atoms with Crippen LogP contribution in [0.25, 0.3) is 5.95 Å². The lowest BCUT2D eigenvalue weighted by atomic mass is 10.7. The van der Waals surface area contributed by atoms with Gasteiger partial charge in [0.15, 0.2) is 0 Å². The number of rotatable bonds is 5. The van der Waals surface area contributed by atoms with Crippen LogP contribution in [0.2, 0.25) is 0 Å². The smallest absolute Gasteiger partial charge is 0.241 e. The number of nitrogens with zero attached hydrogens (tertiary/aromatic N) is 5. The molecular formula is C9H13N7OS. The standard InChI is InChI=1S/C9H13N7OS/c1-18(17)5-3-12-8-13-7(10)14-9(15-8)16-4-2-11-6-16/h2,4,6H,3,5H2,1H3,(H3,10,12,13,14,15). The lowest BCUT2D eigenvalue weighted by Crippen LogP contribution is -2.14. The minimum absolute atomic E-state index is 0.119. The van der Waals surface area contributed by atoms with Gasteiger partial charge in [-0.05, 0) is 0 Å². The average molecular weight is 267 g/mol. The largest absolute Gasteiger partial charge is 0.368 e. The minimum Gasteiger partial charge on any atom is -0.368 e. The first-order valence-corrected chi connectivity index (χ1v) is 6.91. The zero-order chi connectivity index (χ0) is 13.0. The number of nitrogen functional groups attached to an aromatic ring is 1. The molecule has 18 heavy (non-hydrogen) atoms. The molecule has 0 saturated heterocycles. The van der Waals surface area contributed by atoms with Crippen LogP contribution in [0, 0.1) is 0 Å². The molecule has 1 unspecified atom stereocenters. The third kappa shape index (κ3) is 3.23. The number of aromatic nitrogens is 5. The van der Waals surface area contributed by atoms with E-state index in [0.29, 0.717) is 24.2 Å². The molecular weight excluding hydrogens is 254 g/mol. The van der Waals surface area contributed by atoms with Crippen molar-refractivity contribution in [2.45, 2.75) is 0 Å². The lowest BCUT2D eigenvalue weighted by molar-refractivity contribution is 0.687. The van der Waals surface area contributed by atoms with Crippen molar-refractivity contribution >= 4 is 22.7 Å². The van der Waals surface area contributed by atoms with E-state index in [1.807, 2.05) is 0 Å². The monoisotopic (exact) mass is 267 g/mol. The number of nitrogens with two attached hydrogens (primary N) is 1. The van der Waals surface area contributed by atoms with Gasteiger partial charge < -0.3 is 11.1 Å². The van der Waals surface area contributed by atoms with Gasteiger partial charge in [0.05, 0.1) is 0 Å². The molecule has 0 saturated carbocycles. The molecule has 0 aromatic carbocycles. The van der Waals surface area contributed by atoms with E-state index >= 15 is 0 Å². The number of imidazole rings is 1. The summed E-state index contributed by atoms with van der Waals surface area (Å²) in [6.07, 6.45) is 6.53. The van der Waals surface area contributed by atoms with Crippen LogP contribution in [-0.2, 0) is 10.8 Å². The molecule has 0 spiro atoms. The molecule has 0 bridgehead atoms. The maximum absolute atomic E-state index is 10.9. The predicted molar refractivity (Wildman–Crippen MR) is 68.8 cm³/mol. The first-order chi connectivity index (χ1) is 8.65. The fourth-order valence-corrected chi connectivity index (χ4v) is 1.65.